The van der Waals surface area contributed by atoms with Crippen molar-refractivity contribution in [1.82, 2.24) is 4.90 Å². The first-order valence-corrected chi connectivity index (χ1v) is 8.27. The van der Waals surface area contributed by atoms with Crippen LogP contribution in [0, 0.1) is 0 Å². The van der Waals surface area contributed by atoms with Gasteiger partial charge in [-0.1, -0.05) is 12.1 Å². The van der Waals surface area contributed by atoms with E-state index in [0.717, 1.165) is 6.26 Å². The molecule has 0 saturated carbocycles. The van der Waals surface area contributed by atoms with Crippen molar-refractivity contribution in [3.8, 4) is 5.75 Å². The molecule has 2 amide bonds. The smallest absolute Gasteiger partial charge is 0.314 e. The highest BCUT2D eigenvalue weighted by atomic mass is 32.2. The number of likely N-dealkylation sites (tertiary alicyclic amines) is 1. The van der Waals surface area contributed by atoms with Crippen molar-refractivity contribution >= 4 is 15.9 Å². The lowest BCUT2D eigenvalue weighted by Crippen LogP contribution is -2.44. The number of amides is 2. The van der Waals surface area contributed by atoms with E-state index in [9.17, 15) is 13.2 Å². The predicted molar refractivity (Wildman–Crippen MR) is 74.4 cm³/mol. The molecule has 110 valence electrons. The molecule has 7 heteroatoms. The summed E-state index contributed by atoms with van der Waals surface area (Å²) >= 11 is 0. The number of carbonyl (C=O) groups is 1. The second-order valence-corrected chi connectivity index (χ2v) is 6.85. The van der Waals surface area contributed by atoms with Crippen molar-refractivity contribution in [1.29, 1.82) is 0 Å². The number of sulfone groups is 1. The quantitative estimate of drug-likeness (QED) is 0.902. The molecule has 0 aromatic heterocycles. The molecule has 0 spiro atoms. The Hall–Kier alpha value is -1.76. The molecule has 1 aromatic rings. The molecule has 1 fully saturated rings. The number of rotatable bonds is 3. The summed E-state index contributed by atoms with van der Waals surface area (Å²) in [5.41, 5.74) is 5.21. The van der Waals surface area contributed by atoms with E-state index >= 15 is 0 Å². The summed E-state index contributed by atoms with van der Waals surface area (Å²) in [6, 6.07) is 6.15. The molecule has 1 aliphatic heterocycles. The van der Waals surface area contributed by atoms with E-state index in [2.05, 4.69) is 0 Å². The molecular weight excluding hydrogens is 280 g/mol. The SMILES string of the molecule is CS(=O)(=O)c1ccccc1OC1CCN(C(N)=O)CC1. The van der Waals surface area contributed by atoms with Crippen molar-refractivity contribution in [2.75, 3.05) is 19.3 Å². The van der Waals surface area contributed by atoms with Crippen molar-refractivity contribution in [2.24, 2.45) is 5.73 Å². The van der Waals surface area contributed by atoms with Gasteiger partial charge in [-0.2, -0.15) is 0 Å². The lowest BCUT2D eigenvalue weighted by molar-refractivity contribution is 0.112. The van der Waals surface area contributed by atoms with E-state index in [1.54, 1.807) is 23.1 Å². The molecule has 2 N–H and O–H groups in total. The molecule has 20 heavy (non-hydrogen) atoms. The third-order valence-electron chi connectivity index (χ3n) is 3.30. The fourth-order valence-corrected chi connectivity index (χ4v) is 3.03. The van der Waals surface area contributed by atoms with E-state index in [0.29, 0.717) is 31.7 Å². The van der Waals surface area contributed by atoms with Crippen LogP contribution >= 0.6 is 0 Å². The van der Waals surface area contributed by atoms with Gasteiger partial charge in [-0.15, -0.1) is 0 Å². The highest BCUT2D eigenvalue weighted by Gasteiger charge is 2.24. The number of nitrogens with two attached hydrogens (primary N) is 1. The van der Waals surface area contributed by atoms with Gasteiger partial charge in [0.2, 0.25) is 0 Å². The monoisotopic (exact) mass is 298 g/mol. The van der Waals surface area contributed by atoms with Gasteiger partial charge in [-0.05, 0) is 12.1 Å². The van der Waals surface area contributed by atoms with Gasteiger partial charge in [-0.25, -0.2) is 13.2 Å². The summed E-state index contributed by atoms with van der Waals surface area (Å²) in [5.74, 6) is 0.368. The lowest BCUT2D eigenvalue weighted by Gasteiger charge is -2.31. The van der Waals surface area contributed by atoms with Crippen LogP contribution in [0.5, 0.6) is 5.75 Å². The zero-order valence-corrected chi connectivity index (χ0v) is 12.1. The first-order valence-electron chi connectivity index (χ1n) is 6.38. The highest BCUT2D eigenvalue weighted by molar-refractivity contribution is 7.90. The van der Waals surface area contributed by atoms with Crippen LogP contribution in [0.1, 0.15) is 12.8 Å². The Kier molecular flexibility index (Phi) is 4.17. The third-order valence-corrected chi connectivity index (χ3v) is 4.43. The molecule has 1 heterocycles. The van der Waals surface area contributed by atoms with Gasteiger partial charge >= 0.3 is 6.03 Å². The maximum absolute atomic E-state index is 11.7. The number of nitrogens with zero attached hydrogens (tertiary/aromatic N) is 1. The fourth-order valence-electron chi connectivity index (χ4n) is 2.23. The van der Waals surface area contributed by atoms with E-state index in [1.165, 1.54) is 6.07 Å². The average Bonchev–Trinajstić information content (AvgIpc) is 2.38. The van der Waals surface area contributed by atoms with Crippen LogP contribution in [-0.4, -0.2) is 44.8 Å². The Morgan fingerprint density at radius 1 is 1.30 bits per heavy atom. The van der Waals surface area contributed by atoms with Gasteiger partial charge in [0.15, 0.2) is 9.84 Å². The molecule has 2 rings (SSSR count). The molecular formula is C13H18N2O4S. The second-order valence-electron chi connectivity index (χ2n) is 4.86. The highest BCUT2D eigenvalue weighted by Crippen LogP contribution is 2.26. The molecule has 0 bridgehead atoms. The number of carbonyl (C=O) groups excluding carboxylic acids is 1. The summed E-state index contributed by atoms with van der Waals surface area (Å²) < 4.78 is 29.2. The summed E-state index contributed by atoms with van der Waals surface area (Å²) in [6.45, 7) is 1.06. The van der Waals surface area contributed by atoms with Crippen LogP contribution in [0.2, 0.25) is 0 Å². The molecule has 0 unspecified atom stereocenters. The van der Waals surface area contributed by atoms with Crippen LogP contribution in [0.3, 0.4) is 0 Å². The van der Waals surface area contributed by atoms with Crippen molar-refractivity contribution in [2.45, 2.75) is 23.8 Å². The standard InChI is InChI=1S/C13H18N2O4S/c1-20(17,18)12-5-3-2-4-11(12)19-10-6-8-15(9-7-10)13(14)16/h2-5,10H,6-9H2,1H3,(H2,14,16). The molecule has 6 nitrogen and oxygen atoms in total. The summed E-state index contributed by atoms with van der Waals surface area (Å²) in [6.07, 6.45) is 2.33. The average molecular weight is 298 g/mol. The number of ether oxygens (including phenoxy) is 1. The minimum Gasteiger partial charge on any atom is -0.489 e. The Balaban J connectivity index is 2.07. The zero-order valence-electron chi connectivity index (χ0n) is 11.3. The van der Waals surface area contributed by atoms with E-state index < -0.39 is 15.9 Å². The lowest BCUT2D eigenvalue weighted by atomic mass is 10.1. The second kappa shape index (κ2) is 5.70. The zero-order chi connectivity index (χ0) is 14.8. The van der Waals surface area contributed by atoms with Crippen molar-refractivity contribution in [3.63, 3.8) is 0 Å². The fraction of sp³-hybridized carbons (Fsp3) is 0.462. The van der Waals surface area contributed by atoms with Gasteiger partial charge in [0.25, 0.3) is 0 Å². The number of para-hydroxylation sites is 1. The van der Waals surface area contributed by atoms with Gasteiger partial charge in [0.1, 0.15) is 16.7 Å². The summed E-state index contributed by atoms with van der Waals surface area (Å²) in [5, 5.41) is 0. The normalized spacial score (nSPS) is 16.9. The number of hydrogen-bond acceptors (Lipinski definition) is 4. The Morgan fingerprint density at radius 2 is 1.90 bits per heavy atom. The van der Waals surface area contributed by atoms with E-state index in [1.807, 2.05) is 0 Å². The van der Waals surface area contributed by atoms with Gasteiger partial charge in [-0.3, -0.25) is 0 Å². The summed E-state index contributed by atoms with van der Waals surface area (Å²) in [4.78, 5) is 12.8. The van der Waals surface area contributed by atoms with Crippen molar-refractivity contribution in [3.05, 3.63) is 24.3 Å². The number of benzene rings is 1. The summed E-state index contributed by atoms with van der Waals surface area (Å²) in [7, 11) is -3.32. The Bertz CT molecular complexity index is 592. The molecule has 0 aliphatic carbocycles. The minimum atomic E-state index is -3.32. The molecule has 0 atom stereocenters. The van der Waals surface area contributed by atoms with Crippen LogP contribution < -0.4 is 10.5 Å². The minimum absolute atomic E-state index is 0.103. The van der Waals surface area contributed by atoms with E-state index in [-0.39, 0.29) is 11.0 Å². The predicted octanol–water partition coefficient (Wildman–Crippen LogP) is 1.01. The van der Waals surface area contributed by atoms with Gasteiger partial charge < -0.3 is 15.4 Å². The number of piperidine rings is 1. The van der Waals surface area contributed by atoms with Crippen LogP contribution in [0.25, 0.3) is 0 Å². The van der Waals surface area contributed by atoms with Crippen molar-refractivity contribution < 1.29 is 17.9 Å². The third kappa shape index (κ3) is 3.41. The molecule has 1 aliphatic rings. The number of urea groups is 1. The first kappa shape index (κ1) is 14.6. The van der Waals surface area contributed by atoms with Gasteiger partial charge in [0.05, 0.1) is 0 Å². The van der Waals surface area contributed by atoms with Crippen LogP contribution in [0.15, 0.2) is 29.2 Å². The maximum atomic E-state index is 11.7. The maximum Gasteiger partial charge on any atom is 0.314 e. The molecule has 1 aromatic carbocycles. The Morgan fingerprint density at radius 3 is 2.45 bits per heavy atom. The molecule has 1 saturated heterocycles. The van der Waals surface area contributed by atoms with Crippen LogP contribution in [-0.2, 0) is 9.84 Å². The largest absolute Gasteiger partial charge is 0.489 e. The first-order chi connectivity index (χ1) is 9.38. The number of primary amides is 1. The molecule has 0 radical (unpaired) electrons. The van der Waals surface area contributed by atoms with Crippen LogP contribution in [0.4, 0.5) is 4.79 Å². The topological polar surface area (TPSA) is 89.7 Å². The Labute approximate surface area is 118 Å². The van der Waals surface area contributed by atoms with E-state index in [4.69, 9.17) is 10.5 Å². The van der Waals surface area contributed by atoms with Gasteiger partial charge in [0, 0.05) is 32.2 Å². The number of hydrogen-bond donors (Lipinski definition) is 1.